The van der Waals surface area contributed by atoms with E-state index >= 15 is 0 Å². The maximum Gasteiger partial charge on any atom is 0.147 e. The van der Waals surface area contributed by atoms with Crippen LogP contribution in [0.1, 0.15) is 19.3 Å². The quantitative estimate of drug-likeness (QED) is 0.443. The molecule has 1 atom stereocenters. The third-order valence-electron chi connectivity index (χ3n) is 2.23. The van der Waals surface area contributed by atoms with Crippen LogP contribution in [-0.2, 0) is 9.84 Å². The molecule has 0 aromatic heterocycles. The summed E-state index contributed by atoms with van der Waals surface area (Å²) in [5.74, 6) is 5.63. The summed E-state index contributed by atoms with van der Waals surface area (Å²) in [4.78, 5) is 2.08. The van der Waals surface area contributed by atoms with Crippen LogP contribution in [0.15, 0.2) is 0 Å². The largest absolute Gasteiger partial charge is 0.309 e. The summed E-state index contributed by atoms with van der Waals surface area (Å²) in [5, 5.41) is 0. The van der Waals surface area contributed by atoms with Crippen LogP contribution in [-0.4, -0.2) is 52.0 Å². The summed E-state index contributed by atoms with van der Waals surface area (Å²) >= 11 is 0. The van der Waals surface area contributed by atoms with E-state index in [-0.39, 0.29) is 11.8 Å². The fraction of sp³-hybridized carbons (Fsp3) is 1.00. The van der Waals surface area contributed by atoms with Crippen molar-refractivity contribution >= 4 is 9.84 Å². The topological polar surface area (TPSA) is 75.4 Å². The lowest BCUT2D eigenvalue weighted by molar-refractivity contribution is 0.350. The van der Waals surface area contributed by atoms with Gasteiger partial charge < -0.3 is 4.90 Å². The molecule has 3 N–H and O–H groups in total. The number of hydrogen-bond donors (Lipinski definition) is 2. The van der Waals surface area contributed by atoms with Crippen molar-refractivity contribution in [3.05, 3.63) is 0 Å². The molecule has 15 heavy (non-hydrogen) atoms. The maximum atomic E-state index is 10.9. The number of nitrogens with one attached hydrogen (secondary N) is 1. The van der Waals surface area contributed by atoms with Gasteiger partial charge in [0.25, 0.3) is 0 Å². The molecule has 0 saturated heterocycles. The molecule has 0 spiro atoms. The first-order valence-corrected chi connectivity index (χ1v) is 7.20. The third-order valence-corrected chi connectivity index (χ3v) is 3.26. The average molecular weight is 237 g/mol. The molecule has 92 valence electrons. The van der Waals surface area contributed by atoms with Crippen molar-refractivity contribution in [3.8, 4) is 0 Å². The predicted octanol–water partition coefficient (Wildman–Crippen LogP) is -0.405. The highest BCUT2D eigenvalue weighted by Crippen LogP contribution is 2.03. The van der Waals surface area contributed by atoms with Gasteiger partial charge in [0.15, 0.2) is 0 Å². The van der Waals surface area contributed by atoms with Crippen LogP contribution < -0.4 is 11.3 Å². The van der Waals surface area contributed by atoms with Gasteiger partial charge in [0.2, 0.25) is 0 Å². The Balaban J connectivity index is 3.71. The number of rotatable bonds is 8. The molecule has 0 saturated carbocycles. The summed E-state index contributed by atoms with van der Waals surface area (Å²) < 4.78 is 21.8. The SMILES string of the molecule is CN(C)CCC(CCCS(C)(=O)=O)NN. The number of hydrazine groups is 1. The zero-order valence-corrected chi connectivity index (χ0v) is 10.7. The van der Waals surface area contributed by atoms with E-state index < -0.39 is 9.84 Å². The van der Waals surface area contributed by atoms with E-state index in [2.05, 4.69) is 10.3 Å². The van der Waals surface area contributed by atoms with Crippen LogP contribution in [0.3, 0.4) is 0 Å². The monoisotopic (exact) mass is 237 g/mol. The maximum absolute atomic E-state index is 10.9. The van der Waals surface area contributed by atoms with Gasteiger partial charge in [-0.1, -0.05) is 0 Å². The summed E-state index contributed by atoms with van der Waals surface area (Å²) in [6, 6.07) is 0.203. The van der Waals surface area contributed by atoms with E-state index in [1.54, 1.807) is 0 Å². The summed E-state index contributed by atoms with van der Waals surface area (Å²) in [7, 11) is 1.17. The number of sulfone groups is 1. The summed E-state index contributed by atoms with van der Waals surface area (Å²) in [6.07, 6.45) is 3.67. The van der Waals surface area contributed by atoms with Crippen LogP contribution in [0, 0.1) is 0 Å². The van der Waals surface area contributed by atoms with E-state index in [0.717, 1.165) is 19.4 Å². The molecule has 0 fully saturated rings. The minimum atomic E-state index is -2.84. The predicted molar refractivity (Wildman–Crippen MR) is 63.2 cm³/mol. The van der Waals surface area contributed by atoms with Gasteiger partial charge in [0, 0.05) is 18.1 Å². The molecular formula is C9H23N3O2S. The smallest absolute Gasteiger partial charge is 0.147 e. The Morgan fingerprint density at radius 3 is 2.33 bits per heavy atom. The zero-order chi connectivity index (χ0) is 11.9. The Morgan fingerprint density at radius 1 is 1.33 bits per heavy atom. The lowest BCUT2D eigenvalue weighted by Gasteiger charge is -2.18. The van der Waals surface area contributed by atoms with Crippen molar-refractivity contribution in [1.29, 1.82) is 0 Å². The van der Waals surface area contributed by atoms with Gasteiger partial charge in [0.1, 0.15) is 9.84 Å². The minimum Gasteiger partial charge on any atom is -0.309 e. The third kappa shape index (κ3) is 10.1. The highest BCUT2D eigenvalue weighted by molar-refractivity contribution is 7.90. The van der Waals surface area contributed by atoms with Gasteiger partial charge >= 0.3 is 0 Å². The van der Waals surface area contributed by atoms with E-state index in [4.69, 9.17) is 5.84 Å². The van der Waals surface area contributed by atoms with Gasteiger partial charge in [0.05, 0.1) is 0 Å². The molecule has 0 radical (unpaired) electrons. The Labute approximate surface area is 92.9 Å². The van der Waals surface area contributed by atoms with Gasteiger partial charge in [-0.05, 0) is 39.9 Å². The van der Waals surface area contributed by atoms with Crippen LogP contribution in [0.4, 0.5) is 0 Å². The van der Waals surface area contributed by atoms with Gasteiger partial charge in [-0.25, -0.2) is 8.42 Å². The minimum absolute atomic E-state index is 0.203. The second-order valence-electron chi connectivity index (χ2n) is 4.23. The number of nitrogens with zero attached hydrogens (tertiary/aromatic N) is 1. The lowest BCUT2D eigenvalue weighted by atomic mass is 10.1. The molecule has 0 aliphatic carbocycles. The first kappa shape index (κ1) is 14.8. The van der Waals surface area contributed by atoms with E-state index in [1.165, 1.54) is 6.26 Å². The average Bonchev–Trinajstić information content (AvgIpc) is 2.08. The van der Waals surface area contributed by atoms with Gasteiger partial charge in [-0.2, -0.15) is 0 Å². The molecule has 0 rings (SSSR count). The van der Waals surface area contributed by atoms with Crippen molar-refractivity contribution in [2.24, 2.45) is 5.84 Å². The molecule has 0 amide bonds. The van der Waals surface area contributed by atoms with Crippen molar-refractivity contribution in [3.63, 3.8) is 0 Å². The van der Waals surface area contributed by atoms with Crippen LogP contribution >= 0.6 is 0 Å². The molecule has 0 aromatic rings. The molecule has 0 aliphatic rings. The highest BCUT2D eigenvalue weighted by atomic mass is 32.2. The van der Waals surface area contributed by atoms with Crippen molar-refractivity contribution in [1.82, 2.24) is 10.3 Å². The lowest BCUT2D eigenvalue weighted by Crippen LogP contribution is -2.37. The Hall–Kier alpha value is -0.170. The van der Waals surface area contributed by atoms with Crippen LogP contribution in [0.2, 0.25) is 0 Å². The first-order valence-electron chi connectivity index (χ1n) is 5.13. The molecule has 0 aromatic carbocycles. The second kappa shape index (κ2) is 7.16. The molecule has 1 unspecified atom stereocenters. The number of hydrogen-bond acceptors (Lipinski definition) is 5. The standard InChI is InChI=1S/C9H23N3O2S/c1-12(2)7-6-9(11-10)5-4-8-15(3,13)14/h9,11H,4-8,10H2,1-3H3. The van der Waals surface area contributed by atoms with Crippen molar-refractivity contribution in [2.45, 2.75) is 25.3 Å². The second-order valence-corrected chi connectivity index (χ2v) is 6.49. The Bertz CT molecular complexity index is 252. The molecular weight excluding hydrogens is 214 g/mol. The molecule has 0 bridgehead atoms. The molecule has 6 heteroatoms. The fourth-order valence-electron chi connectivity index (χ4n) is 1.32. The van der Waals surface area contributed by atoms with E-state index in [9.17, 15) is 8.42 Å². The molecule has 5 nitrogen and oxygen atoms in total. The molecule has 0 aliphatic heterocycles. The van der Waals surface area contributed by atoms with E-state index in [0.29, 0.717) is 6.42 Å². The summed E-state index contributed by atoms with van der Waals surface area (Å²) in [5.41, 5.74) is 2.72. The normalized spacial score (nSPS) is 14.5. The first-order chi connectivity index (χ1) is 6.85. The Morgan fingerprint density at radius 2 is 1.93 bits per heavy atom. The van der Waals surface area contributed by atoms with Crippen LogP contribution in [0.5, 0.6) is 0 Å². The van der Waals surface area contributed by atoms with E-state index in [1.807, 2.05) is 14.1 Å². The molecule has 0 heterocycles. The number of nitrogens with two attached hydrogens (primary N) is 1. The van der Waals surface area contributed by atoms with Gasteiger partial charge in [-0.15, -0.1) is 0 Å². The fourth-order valence-corrected chi connectivity index (χ4v) is 2.01. The van der Waals surface area contributed by atoms with Crippen molar-refractivity contribution < 1.29 is 8.42 Å². The zero-order valence-electron chi connectivity index (χ0n) is 9.86. The summed E-state index contributed by atoms with van der Waals surface area (Å²) in [6.45, 7) is 0.952. The van der Waals surface area contributed by atoms with Gasteiger partial charge in [-0.3, -0.25) is 11.3 Å². The van der Waals surface area contributed by atoms with Crippen molar-refractivity contribution in [2.75, 3.05) is 32.6 Å². The Kier molecular flexibility index (Phi) is 7.08. The highest BCUT2D eigenvalue weighted by Gasteiger charge is 2.09. The van der Waals surface area contributed by atoms with Crippen LogP contribution in [0.25, 0.3) is 0 Å².